The van der Waals surface area contributed by atoms with Crippen LogP contribution < -0.4 is 5.32 Å². The van der Waals surface area contributed by atoms with Gasteiger partial charge in [0, 0.05) is 24.2 Å². The van der Waals surface area contributed by atoms with Crippen LogP contribution >= 0.6 is 0 Å². The Morgan fingerprint density at radius 1 is 1.28 bits per heavy atom. The second-order valence-electron chi connectivity index (χ2n) is 4.62. The molecule has 0 bridgehead atoms. The fraction of sp³-hybridized carbons (Fsp3) is 0.538. The fourth-order valence-corrected chi connectivity index (χ4v) is 1.66. The van der Waals surface area contributed by atoms with E-state index in [4.69, 9.17) is 5.11 Å². The summed E-state index contributed by atoms with van der Waals surface area (Å²) >= 11 is 0. The van der Waals surface area contributed by atoms with Crippen LogP contribution in [0.5, 0.6) is 0 Å². The van der Waals surface area contributed by atoms with Crippen molar-refractivity contribution < 1.29 is 19.0 Å². The van der Waals surface area contributed by atoms with Crippen molar-refractivity contribution in [3.8, 4) is 0 Å². The van der Waals surface area contributed by atoms with Crippen molar-refractivity contribution >= 4 is 0 Å². The van der Waals surface area contributed by atoms with Gasteiger partial charge in [-0.2, -0.15) is 0 Å². The molecule has 1 aromatic rings. The number of aliphatic hydroxyl groups is 2. The largest absolute Gasteiger partial charge is 0.395 e. The van der Waals surface area contributed by atoms with Crippen LogP contribution in [0.25, 0.3) is 0 Å². The number of hydrogen-bond acceptors (Lipinski definition) is 3. The minimum absolute atomic E-state index is 0.0457. The van der Waals surface area contributed by atoms with Gasteiger partial charge in [0.1, 0.15) is 11.6 Å². The molecule has 2 atom stereocenters. The minimum atomic E-state index is -1.07. The van der Waals surface area contributed by atoms with Crippen LogP contribution in [0.1, 0.15) is 25.5 Å². The molecule has 0 aromatic heterocycles. The first kappa shape index (κ1) is 15.0. The van der Waals surface area contributed by atoms with Crippen LogP contribution in [0.4, 0.5) is 8.78 Å². The van der Waals surface area contributed by atoms with Crippen molar-refractivity contribution in [1.82, 2.24) is 5.32 Å². The number of hydrogen-bond donors (Lipinski definition) is 3. The van der Waals surface area contributed by atoms with Gasteiger partial charge >= 0.3 is 0 Å². The van der Waals surface area contributed by atoms with Gasteiger partial charge < -0.3 is 15.5 Å². The lowest BCUT2D eigenvalue weighted by Gasteiger charge is -2.22. The van der Waals surface area contributed by atoms with Crippen LogP contribution in [-0.2, 0) is 0 Å². The Morgan fingerprint density at radius 2 is 1.94 bits per heavy atom. The average molecular weight is 259 g/mol. The van der Waals surface area contributed by atoms with E-state index in [1.807, 2.05) is 13.8 Å². The molecule has 1 unspecified atom stereocenters. The average Bonchev–Trinajstić information content (AvgIpc) is 2.28. The van der Waals surface area contributed by atoms with E-state index in [-0.39, 0.29) is 30.7 Å². The topological polar surface area (TPSA) is 52.5 Å². The summed E-state index contributed by atoms with van der Waals surface area (Å²) in [6, 6.07) is 2.90. The molecule has 0 aliphatic carbocycles. The van der Waals surface area contributed by atoms with E-state index in [0.717, 1.165) is 12.1 Å². The maximum atomic E-state index is 13.4. The van der Waals surface area contributed by atoms with Gasteiger partial charge in [-0.15, -0.1) is 0 Å². The van der Waals surface area contributed by atoms with Crippen molar-refractivity contribution in [2.45, 2.75) is 26.0 Å². The highest BCUT2D eigenvalue weighted by Gasteiger charge is 2.17. The fourth-order valence-electron chi connectivity index (χ4n) is 1.66. The molecule has 0 radical (unpaired) electrons. The van der Waals surface area contributed by atoms with Crippen molar-refractivity contribution in [2.75, 3.05) is 13.2 Å². The van der Waals surface area contributed by atoms with E-state index >= 15 is 0 Å². The predicted molar refractivity (Wildman–Crippen MR) is 65.0 cm³/mol. The molecule has 0 aliphatic rings. The molecule has 102 valence electrons. The van der Waals surface area contributed by atoms with Crippen LogP contribution in [0, 0.1) is 17.6 Å². The molecule has 1 aromatic carbocycles. The molecule has 0 fully saturated rings. The summed E-state index contributed by atoms with van der Waals surface area (Å²) in [6.07, 6.45) is -1.07. The SMILES string of the molecule is CC(C)[C@@H](CO)NCC(O)c1ccc(F)cc1F. The Hall–Kier alpha value is -1.04. The molecule has 0 spiro atoms. The van der Waals surface area contributed by atoms with Gasteiger partial charge in [0.05, 0.1) is 12.7 Å². The van der Waals surface area contributed by atoms with E-state index in [1.54, 1.807) is 0 Å². The van der Waals surface area contributed by atoms with Gasteiger partial charge in [-0.1, -0.05) is 19.9 Å². The molecule has 0 saturated heterocycles. The second kappa shape index (κ2) is 6.78. The van der Waals surface area contributed by atoms with E-state index in [2.05, 4.69) is 5.32 Å². The molecule has 0 saturated carbocycles. The molecule has 1 rings (SSSR count). The summed E-state index contributed by atoms with van der Waals surface area (Å²) in [4.78, 5) is 0. The van der Waals surface area contributed by atoms with Gasteiger partial charge in [-0.3, -0.25) is 0 Å². The molecule has 0 amide bonds. The molecule has 18 heavy (non-hydrogen) atoms. The van der Waals surface area contributed by atoms with E-state index in [9.17, 15) is 13.9 Å². The first-order valence-electron chi connectivity index (χ1n) is 5.93. The summed E-state index contributed by atoms with van der Waals surface area (Å²) in [5.74, 6) is -1.25. The Bertz CT molecular complexity index is 385. The Morgan fingerprint density at radius 3 is 2.44 bits per heavy atom. The number of nitrogens with one attached hydrogen (secondary N) is 1. The Balaban J connectivity index is 2.62. The van der Waals surface area contributed by atoms with Crippen molar-refractivity contribution in [3.05, 3.63) is 35.4 Å². The number of aliphatic hydroxyl groups excluding tert-OH is 2. The maximum Gasteiger partial charge on any atom is 0.131 e. The molecule has 0 aliphatic heterocycles. The summed E-state index contributed by atoms with van der Waals surface area (Å²) in [7, 11) is 0. The lowest BCUT2D eigenvalue weighted by atomic mass is 10.0. The summed E-state index contributed by atoms with van der Waals surface area (Å²) < 4.78 is 26.1. The highest BCUT2D eigenvalue weighted by atomic mass is 19.1. The molecule has 5 heteroatoms. The van der Waals surface area contributed by atoms with Crippen LogP contribution in [0.15, 0.2) is 18.2 Å². The monoisotopic (exact) mass is 259 g/mol. The highest BCUT2D eigenvalue weighted by Crippen LogP contribution is 2.17. The molecular formula is C13H19F2NO2. The zero-order chi connectivity index (χ0) is 13.7. The van der Waals surface area contributed by atoms with Gasteiger partial charge in [0.15, 0.2) is 0 Å². The molecule has 3 N–H and O–H groups in total. The van der Waals surface area contributed by atoms with Crippen molar-refractivity contribution in [3.63, 3.8) is 0 Å². The zero-order valence-corrected chi connectivity index (χ0v) is 10.5. The van der Waals surface area contributed by atoms with Crippen LogP contribution in [0.2, 0.25) is 0 Å². The lowest BCUT2D eigenvalue weighted by Crippen LogP contribution is -2.39. The van der Waals surface area contributed by atoms with Crippen molar-refractivity contribution in [1.29, 1.82) is 0 Å². The van der Waals surface area contributed by atoms with E-state index < -0.39 is 17.7 Å². The summed E-state index contributed by atoms with van der Waals surface area (Å²) in [5.41, 5.74) is 0.0457. The van der Waals surface area contributed by atoms with Gasteiger partial charge in [-0.05, 0) is 12.0 Å². The number of halogens is 2. The van der Waals surface area contributed by atoms with E-state index in [0.29, 0.717) is 0 Å². The highest BCUT2D eigenvalue weighted by molar-refractivity contribution is 5.21. The first-order chi connectivity index (χ1) is 8.45. The van der Waals surface area contributed by atoms with Crippen LogP contribution in [-0.4, -0.2) is 29.4 Å². The third kappa shape index (κ3) is 4.01. The number of benzene rings is 1. The summed E-state index contributed by atoms with van der Waals surface area (Å²) in [5, 5.41) is 21.9. The second-order valence-corrected chi connectivity index (χ2v) is 4.62. The quantitative estimate of drug-likeness (QED) is 0.727. The Labute approximate surface area is 105 Å². The molecular weight excluding hydrogens is 240 g/mol. The number of rotatable bonds is 6. The maximum absolute atomic E-state index is 13.4. The van der Waals surface area contributed by atoms with Gasteiger partial charge in [0.2, 0.25) is 0 Å². The predicted octanol–water partition coefficient (Wildman–Crippen LogP) is 1.60. The first-order valence-corrected chi connectivity index (χ1v) is 5.93. The van der Waals surface area contributed by atoms with Gasteiger partial charge in [-0.25, -0.2) is 8.78 Å². The Kier molecular flexibility index (Phi) is 5.65. The minimum Gasteiger partial charge on any atom is -0.395 e. The van der Waals surface area contributed by atoms with E-state index in [1.165, 1.54) is 6.07 Å². The molecule has 0 heterocycles. The standard InChI is InChI=1S/C13H19F2NO2/c1-8(2)12(7-17)16-6-13(18)10-4-3-9(14)5-11(10)15/h3-5,8,12-13,16-18H,6-7H2,1-2H3/t12-,13?/m1/s1. The third-order valence-corrected chi connectivity index (χ3v) is 2.90. The van der Waals surface area contributed by atoms with Crippen molar-refractivity contribution in [2.24, 2.45) is 5.92 Å². The van der Waals surface area contributed by atoms with Gasteiger partial charge in [0.25, 0.3) is 0 Å². The normalized spacial score (nSPS) is 14.8. The third-order valence-electron chi connectivity index (χ3n) is 2.90. The zero-order valence-electron chi connectivity index (χ0n) is 10.5. The molecule has 3 nitrogen and oxygen atoms in total. The lowest BCUT2D eigenvalue weighted by molar-refractivity contribution is 0.145. The smallest absolute Gasteiger partial charge is 0.131 e. The summed E-state index contributed by atoms with van der Waals surface area (Å²) in [6.45, 7) is 3.90. The van der Waals surface area contributed by atoms with Crippen LogP contribution in [0.3, 0.4) is 0 Å².